The number of rotatable bonds is 3. The highest BCUT2D eigenvalue weighted by atomic mass is 14.2. The van der Waals surface area contributed by atoms with E-state index in [1.807, 2.05) is 13.0 Å². The van der Waals surface area contributed by atoms with Crippen LogP contribution in [-0.2, 0) is 0 Å². The van der Waals surface area contributed by atoms with Crippen LogP contribution in [-0.4, -0.2) is 0 Å². The van der Waals surface area contributed by atoms with Gasteiger partial charge in [0.25, 0.3) is 0 Å². The van der Waals surface area contributed by atoms with Gasteiger partial charge in [0.05, 0.1) is 0 Å². The average Bonchev–Trinajstić information content (AvgIpc) is 2.77. The van der Waals surface area contributed by atoms with Crippen molar-refractivity contribution in [2.24, 2.45) is 0 Å². The van der Waals surface area contributed by atoms with Crippen molar-refractivity contribution < 1.29 is 0 Å². The van der Waals surface area contributed by atoms with Gasteiger partial charge < -0.3 is 0 Å². The Hall–Kier alpha value is -1.82. The predicted octanol–water partition coefficient (Wildman–Crippen LogP) is 5.21. The lowest BCUT2D eigenvalue weighted by Crippen LogP contribution is -1.96. The summed E-state index contributed by atoms with van der Waals surface area (Å²) in [6, 6.07) is 0. The highest BCUT2D eigenvalue weighted by Gasteiger charge is 2.19. The normalized spacial score (nSPS) is 22.2. The van der Waals surface area contributed by atoms with Crippen LogP contribution in [0, 0.1) is 0 Å². The molecule has 2 aliphatic rings. The Morgan fingerprint density at radius 1 is 1.28 bits per heavy atom. The van der Waals surface area contributed by atoms with Crippen LogP contribution in [0.5, 0.6) is 0 Å². The maximum absolute atomic E-state index is 4.16. The van der Waals surface area contributed by atoms with Gasteiger partial charge in [-0.3, -0.25) is 0 Å². The number of hydrogen-bond donors (Lipinski definition) is 0. The minimum atomic E-state index is 0.975. The highest BCUT2D eigenvalue weighted by Crippen LogP contribution is 2.37. The highest BCUT2D eigenvalue weighted by molar-refractivity contribution is 5.63. The van der Waals surface area contributed by atoms with Crippen molar-refractivity contribution in [1.29, 1.82) is 0 Å². The van der Waals surface area contributed by atoms with Gasteiger partial charge in [-0.2, -0.15) is 0 Å². The summed E-state index contributed by atoms with van der Waals surface area (Å²) in [5, 5.41) is 0. The van der Waals surface area contributed by atoms with Crippen LogP contribution < -0.4 is 0 Å². The molecule has 0 spiro atoms. The molecule has 0 aromatic rings. The number of allylic oxidation sites excluding steroid dienone is 12. The maximum atomic E-state index is 4.16. The second-order valence-corrected chi connectivity index (χ2v) is 4.65. The van der Waals surface area contributed by atoms with E-state index in [0.717, 1.165) is 19.3 Å². The molecule has 0 nitrogen and oxygen atoms in total. The zero-order valence-electron chi connectivity index (χ0n) is 11.1. The molecular formula is C18H20. The van der Waals surface area contributed by atoms with E-state index in [1.165, 1.54) is 27.9 Å². The van der Waals surface area contributed by atoms with Crippen LogP contribution in [0.2, 0.25) is 0 Å². The molecule has 0 N–H and O–H groups in total. The van der Waals surface area contributed by atoms with E-state index < -0.39 is 0 Å². The quantitative estimate of drug-likeness (QED) is 0.631. The standard InChI is InChI=1S/C18H20/c1-4-6-10-17-14(3)11-12-18(17)16-9-7-8-15(5-2)13-16/h4-6,8,10,12-13H,2-3,7,9,11H2,1H3/b6-4-,17-10+. The lowest BCUT2D eigenvalue weighted by atomic mass is 9.90. The van der Waals surface area contributed by atoms with Gasteiger partial charge in [0, 0.05) is 0 Å². The van der Waals surface area contributed by atoms with Crippen molar-refractivity contribution in [2.75, 3.05) is 0 Å². The van der Waals surface area contributed by atoms with Crippen molar-refractivity contribution in [1.82, 2.24) is 0 Å². The molecule has 0 heteroatoms. The third kappa shape index (κ3) is 2.53. The molecule has 92 valence electrons. The molecule has 0 aromatic heterocycles. The minimum absolute atomic E-state index is 0.975. The first-order valence-electron chi connectivity index (χ1n) is 6.51. The van der Waals surface area contributed by atoms with E-state index >= 15 is 0 Å². The molecule has 0 saturated heterocycles. The molecule has 0 aromatic carbocycles. The second-order valence-electron chi connectivity index (χ2n) is 4.65. The van der Waals surface area contributed by atoms with Gasteiger partial charge in [0.15, 0.2) is 0 Å². The maximum Gasteiger partial charge on any atom is -0.00879 e. The third-order valence-electron chi connectivity index (χ3n) is 3.40. The summed E-state index contributed by atoms with van der Waals surface area (Å²) >= 11 is 0. The molecule has 0 amide bonds. The molecule has 0 radical (unpaired) electrons. The van der Waals surface area contributed by atoms with E-state index in [9.17, 15) is 0 Å². The Bertz CT molecular complexity index is 516. The van der Waals surface area contributed by atoms with Crippen LogP contribution >= 0.6 is 0 Å². The van der Waals surface area contributed by atoms with Crippen molar-refractivity contribution >= 4 is 0 Å². The topological polar surface area (TPSA) is 0 Å². The summed E-state index contributed by atoms with van der Waals surface area (Å²) in [6.45, 7) is 10.0. The fourth-order valence-electron chi connectivity index (χ4n) is 2.42. The lowest BCUT2D eigenvalue weighted by molar-refractivity contribution is 0.966. The molecular weight excluding hydrogens is 216 g/mol. The lowest BCUT2D eigenvalue weighted by Gasteiger charge is -2.15. The van der Waals surface area contributed by atoms with E-state index in [-0.39, 0.29) is 0 Å². The molecule has 0 unspecified atom stereocenters. The smallest absolute Gasteiger partial charge is 0.00879 e. The second kappa shape index (κ2) is 5.68. The SMILES string of the molecule is C=CC1=CCCC(C2=CCC(=C)/C2=C\C=C/C)=C1. The Kier molecular flexibility index (Phi) is 3.99. The molecule has 0 heterocycles. The molecule has 0 fully saturated rings. The summed E-state index contributed by atoms with van der Waals surface area (Å²) in [5.74, 6) is 0. The summed E-state index contributed by atoms with van der Waals surface area (Å²) in [5.41, 5.74) is 6.54. The molecule has 18 heavy (non-hydrogen) atoms. The first-order chi connectivity index (χ1) is 8.76. The molecule has 0 bridgehead atoms. The average molecular weight is 236 g/mol. The zero-order valence-corrected chi connectivity index (χ0v) is 11.1. The Morgan fingerprint density at radius 2 is 2.11 bits per heavy atom. The molecule has 0 saturated carbocycles. The fraction of sp³-hybridized carbons (Fsp3) is 0.222. The Balaban J connectivity index is 2.33. The first kappa shape index (κ1) is 12.6. The van der Waals surface area contributed by atoms with Crippen molar-refractivity contribution in [3.8, 4) is 0 Å². The zero-order chi connectivity index (χ0) is 13.0. The van der Waals surface area contributed by atoms with Gasteiger partial charge in [-0.15, -0.1) is 0 Å². The molecule has 0 aliphatic heterocycles. The van der Waals surface area contributed by atoms with Gasteiger partial charge >= 0.3 is 0 Å². The van der Waals surface area contributed by atoms with Gasteiger partial charge in [0.1, 0.15) is 0 Å². The number of hydrogen-bond acceptors (Lipinski definition) is 0. The van der Waals surface area contributed by atoms with Crippen LogP contribution in [0.1, 0.15) is 26.2 Å². The van der Waals surface area contributed by atoms with Crippen LogP contribution in [0.3, 0.4) is 0 Å². The van der Waals surface area contributed by atoms with E-state index in [4.69, 9.17) is 0 Å². The summed E-state index contributed by atoms with van der Waals surface area (Å²) in [6.07, 6.45) is 18.2. The van der Waals surface area contributed by atoms with Gasteiger partial charge in [-0.1, -0.05) is 55.7 Å². The predicted molar refractivity (Wildman–Crippen MR) is 80.3 cm³/mol. The largest absolute Gasteiger partial charge is 0.0985 e. The van der Waals surface area contributed by atoms with Gasteiger partial charge in [-0.25, -0.2) is 0 Å². The van der Waals surface area contributed by atoms with Crippen molar-refractivity contribution in [3.63, 3.8) is 0 Å². The Morgan fingerprint density at radius 3 is 2.83 bits per heavy atom. The van der Waals surface area contributed by atoms with Gasteiger partial charge in [-0.05, 0) is 54.1 Å². The third-order valence-corrected chi connectivity index (χ3v) is 3.40. The minimum Gasteiger partial charge on any atom is -0.0985 e. The summed E-state index contributed by atoms with van der Waals surface area (Å²) in [7, 11) is 0. The van der Waals surface area contributed by atoms with E-state index in [2.05, 4.69) is 49.6 Å². The Labute approximate surface area is 110 Å². The monoisotopic (exact) mass is 236 g/mol. The van der Waals surface area contributed by atoms with Crippen molar-refractivity contribution in [2.45, 2.75) is 26.2 Å². The summed E-state index contributed by atoms with van der Waals surface area (Å²) in [4.78, 5) is 0. The van der Waals surface area contributed by atoms with E-state index in [0.29, 0.717) is 0 Å². The summed E-state index contributed by atoms with van der Waals surface area (Å²) < 4.78 is 0. The van der Waals surface area contributed by atoms with Crippen LogP contribution in [0.4, 0.5) is 0 Å². The fourth-order valence-corrected chi connectivity index (χ4v) is 2.42. The van der Waals surface area contributed by atoms with Crippen LogP contribution in [0.25, 0.3) is 0 Å². The molecule has 0 atom stereocenters. The molecule has 2 rings (SSSR count). The first-order valence-corrected chi connectivity index (χ1v) is 6.51. The molecule has 2 aliphatic carbocycles. The van der Waals surface area contributed by atoms with Crippen molar-refractivity contribution in [3.05, 3.63) is 83.6 Å². The van der Waals surface area contributed by atoms with E-state index in [1.54, 1.807) is 0 Å². The van der Waals surface area contributed by atoms with Crippen LogP contribution in [0.15, 0.2) is 83.6 Å². The van der Waals surface area contributed by atoms with Gasteiger partial charge in [0.2, 0.25) is 0 Å².